The van der Waals surface area contributed by atoms with Gasteiger partial charge in [0.15, 0.2) is 0 Å². The largest absolute Gasteiger partial charge is 0.363 e. The quantitative estimate of drug-likeness (QED) is 0.331. The average molecular weight is 455 g/mol. The van der Waals surface area contributed by atoms with Gasteiger partial charge in [-0.1, -0.05) is 60.7 Å². The Labute approximate surface area is 198 Å². The lowest BCUT2D eigenvalue weighted by atomic mass is 10.1. The van der Waals surface area contributed by atoms with E-state index in [-0.39, 0.29) is 10.6 Å². The van der Waals surface area contributed by atoms with E-state index in [1.54, 1.807) is 12.4 Å². The van der Waals surface area contributed by atoms with Crippen molar-refractivity contribution in [2.45, 2.75) is 13.1 Å². The minimum Gasteiger partial charge on any atom is -0.363 e. The molecule has 0 bridgehead atoms. The molecule has 8 nitrogen and oxygen atoms in total. The Morgan fingerprint density at radius 1 is 0.912 bits per heavy atom. The molecule has 2 heterocycles. The maximum absolute atomic E-state index is 12.1. The number of nitrogens with one attached hydrogen (secondary N) is 1. The predicted octanol–water partition coefficient (Wildman–Crippen LogP) is 4.15. The van der Waals surface area contributed by atoms with Gasteiger partial charge in [0.25, 0.3) is 5.69 Å². The Hall–Kier alpha value is -4.04. The van der Waals surface area contributed by atoms with Crippen molar-refractivity contribution in [1.82, 2.24) is 15.3 Å². The van der Waals surface area contributed by atoms with Crippen LogP contribution in [0.15, 0.2) is 79.1 Å². The average Bonchev–Trinajstić information content (AvgIpc) is 2.89. The van der Waals surface area contributed by atoms with Crippen molar-refractivity contribution >= 4 is 28.1 Å². The summed E-state index contributed by atoms with van der Waals surface area (Å²) in [4.78, 5) is 25.1. The van der Waals surface area contributed by atoms with E-state index in [2.05, 4.69) is 49.4 Å². The van der Waals surface area contributed by atoms with Crippen LogP contribution < -0.4 is 15.1 Å². The minimum absolute atomic E-state index is 0.0878. The summed E-state index contributed by atoms with van der Waals surface area (Å²) in [5.41, 5.74) is 3.68. The van der Waals surface area contributed by atoms with Crippen molar-refractivity contribution in [2.24, 2.45) is 0 Å². The number of hydrogen-bond donors (Lipinski definition) is 1. The molecule has 0 spiro atoms. The lowest BCUT2D eigenvalue weighted by Gasteiger charge is -2.29. The first-order chi connectivity index (χ1) is 16.7. The molecule has 4 aromatic rings. The third-order valence-corrected chi connectivity index (χ3v) is 6.10. The van der Waals surface area contributed by atoms with Crippen LogP contribution in [0.25, 0.3) is 10.9 Å². The van der Waals surface area contributed by atoms with Crippen LogP contribution in [0.4, 0.5) is 17.2 Å². The fourth-order valence-corrected chi connectivity index (χ4v) is 4.44. The van der Waals surface area contributed by atoms with Crippen molar-refractivity contribution < 1.29 is 4.92 Å². The first-order valence-electron chi connectivity index (χ1n) is 11.4. The number of piperazine rings is 1. The van der Waals surface area contributed by atoms with E-state index in [9.17, 15) is 10.1 Å². The van der Waals surface area contributed by atoms with Gasteiger partial charge in [0.05, 0.1) is 10.4 Å². The summed E-state index contributed by atoms with van der Waals surface area (Å²) in [6.45, 7) is 4.28. The summed E-state index contributed by atoms with van der Waals surface area (Å²) in [5.74, 6) is 0.688. The molecule has 0 aliphatic carbocycles. The van der Waals surface area contributed by atoms with E-state index < -0.39 is 0 Å². The molecule has 0 amide bonds. The molecule has 0 unspecified atom stereocenters. The highest BCUT2D eigenvalue weighted by atomic mass is 16.6. The zero-order valence-corrected chi connectivity index (χ0v) is 18.8. The van der Waals surface area contributed by atoms with Gasteiger partial charge in [0.1, 0.15) is 17.8 Å². The van der Waals surface area contributed by atoms with Crippen LogP contribution in [0.1, 0.15) is 11.1 Å². The molecule has 172 valence electrons. The van der Waals surface area contributed by atoms with Gasteiger partial charge in [-0.2, -0.15) is 0 Å². The zero-order chi connectivity index (χ0) is 23.3. The number of nitro benzene ring substituents is 1. The first kappa shape index (κ1) is 21.8. The van der Waals surface area contributed by atoms with Crippen LogP contribution >= 0.6 is 0 Å². The van der Waals surface area contributed by atoms with Gasteiger partial charge in [-0.05, 0) is 17.2 Å². The fraction of sp³-hybridized carbons (Fsp3) is 0.231. The molecule has 1 N–H and O–H groups in total. The maximum Gasteiger partial charge on any atom is 0.293 e. The molecule has 5 rings (SSSR count). The molecular weight excluding hydrogens is 428 g/mol. The molecular formula is C26H26N6O2. The first-order valence-corrected chi connectivity index (χ1v) is 11.4. The lowest BCUT2D eigenvalue weighted by Crippen LogP contribution is -2.43. The Morgan fingerprint density at radius 3 is 2.12 bits per heavy atom. The van der Waals surface area contributed by atoms with E-state index in [0.717, 1.165) is 37.3 Å². The maximum atomic E-state index is 12.1. The second-order valence-corrected chi connectivity index (χ2v) is 8.38. The predicted molar refractivity (Wildman–Crippen MR) is 134 cm³/mol. The van der Waals surface area contributed by atoms with E-state index >= 15 is 0 Å². The van der Waals surface area contributed by atoms with Crippen molar-refractivity contribution in [1.29, 1.82) is 0 Å². The van der Waals surface area contributed by atoms with Crippen LogP contribution in [0.3, 0.4) is 0 Å². The number of nitrogens with zero attached hydrogens (tertiary/aromatic N) is 5. The lowest BCUT2D eigenvalue weighted by molar-refractivity contribution is -0.384. The monoisotopic (exact) mass is 454 g/mol. The highest BCUT2D eigenvalue weighted by molar-refractivity contribution is 5.95. The second-order valence-electron chi connectivity index (χ2n) is 8.38. The summed E-state index contributed by atoms with van der Waals surface area (Å²) >= 11 is 0. The Kier molecular flexibility index (Phi) is 6.31. The number of hydrogen-bond acceptors (Lipinski definition) is 7. The number of rotatable bonds is 7. The minimum atomic E-state index is -0.299. The molecule has 1 aliphatic rings. The van der Waals surface area contributed by atoms with E-state index in [4.69, 9.17) is 0 Å². The second kappa shape index (κ2) is 9.84. The molecule has 1 saturated heterocycles. The highest BCUT2D eigenvalue weighted by Crippen LogP contribution is 2.36. The SMILES string of the molecule is O=[N+]([O-])c1cc2c(N(Cc3ccccc3)Cc3ccccc3)ncnc2cc1N1CCNCC1. The van der Waals surface area contributed by atoms with Gasteiger partial charge in [0.2, 0.25) is 0 Å². The highest BCUT2D eigenvalue weighted by Gasteiger charge is 2.25. The third kappa shape index (κ3) is 4.67. The van der Waals surface area contributed by atoms with Gasteiger partial charge < -0.3 is 15.1 Å². The van der Waals surface area contributed by atoms with Crippen LogP contribution in [0.2, 0.25) is 0 Å². The van der Waals surface area contributed by atoms with Gasteiger partial charge in [-0.15, -0.1) is 0 Å². The van der Waals surface area contributed by atoms with Crippen molar-refractivity contribution in [3.8, 4) is 0 Å². The number of anilines is 2. The summed E-state index contributed by atoms with van der Waals surface area (Å²) in [5, 5.41) is 16.1. The van der Waals surface area contributed by atoms with E-state index in [0.29, 0.717) is 35.5 Å². The molecule has 1 aliphatic heterocycles. The van der Waals surface area contributed by atoms with Crippen LogP contribution in [0.5, 0.6) is 0 Å². The number of fused-ring (bicyclic) bond motifs is 1. The van der Waals surface area contributed by atoms with E-state index in [1.807, 2.05) is 42.5 Å². The van der Waals surface area contributed by atoms with Gasteiger partial charge in [-0.3, -0.25) is 10.1 Å². The normalized spacial score (nSPS) is 13.7. The fourth-order valence-electron chi connectivity index (χ4n) is 4.44. The topological polar surface area (TPSA) is 87.4 Å². The van der Waals surface area contributed by atoms with Crippen molar-refractivity contribution in [3.63, 3.8) is 0 Å². The third-order valence-electron chi connectivity index (χ3n) is 6.10. The van der Waals surface area contributed by atoms with Gasteiger partial charge in [-0.25, -0.2) is 9.97 Å². The zero-order valence-electron chi connectivity index (χ0n) is 18.8. The summed E-state index contributed by atoms with van der Waals surface area (Å²) < 4.78 is 0. The smallest absolute Gasteiger partial charge is 0.293 e. The van der Waals surface area contributed by atoms with Crippen molar-refractivity contribution in [3.05, 3.63) is 100 Å². The van der Waals surface area contributed by atoms with E-state index in [1.165, 1.54) is 0 Å². The molecule has 34 heavy (non-hydrogen) atoms. The van der Waals surface area contributed by atoms with Gasteiger partial charge in [0, 0.05) is 50.7 Å². The molecule has 1 fully saturated rings. The molecule has 0 radical (unpaired) electrons. The summed E-state index contributed by atoms with van der Waals surface area (Å²) in [6, 6.07) is 23.8. The molecule has 3 aromatic carbocycles. The van der Waals surface area contributed by atoms with Crippen LogP contribution in [0, 0.1) is 10.1 Å². The van der Waals surface area contributed by atoms with Crippen LogP contribution in [-0.2, 0) is 13.1 Å². The van der Waals surface area contributed by atoms with Crippen LogP contribution in [-0.4, -0.2) is 41.1 Å². The summed E-state index contributed by atoms with van der Waals surface area (Å²) in [7, 11) is 0. The standard InChI is InChI=1S/C26H26N6O2/c33-32(34)25-15-22-23(16-24(25)30-13-11-27-12-14-30)28-19-29-26(22)31(17-20-7-3-1-4-8-20)18-21-9-5-2-6-10-21/h1-10,15-16,19,27H,11-14,17-18H2. The Balaban J connectivity index is 1.61. The number of nitro groups is 1. The Morgan fingerprint density at radius 2 is 1.53 bits per heavy atom. The van der Waals surface area contributed by atoms with Crippen molar-refractivity contribution in [2.75, 3.05) is 36.0 Å². The molecule has 1 aromatic heterocycles. The number of aromatic nitrogens is 2. The molecule has 8 heteroatoms. The van der Waals surface area contributed by atoms with Gasteiger partial charge >= 0.3 is 0 Å². The number of benzene rings is 3. The summed E-state index contributed by atoms with van der Waals surface area (Å²) in [6.07, 6.45) is 1.55. The molecule has 0 saturated carbocycles. The Bertz CT molecular complexity index is 1240. The molecule has 0 atom stereocenters.